The SMILES string of the molecule is CCc1nccn1C1CCCN(C(=O)CNCCOC)C1. The molecular formula is C15H26N4O2. The number of nitrogens with zero attached hydrogens (tertiary/aromatic N) is 3. The lowest BCUT2D eigenvalue weighted by Gasteiger charge is -2.34. The van der Waals surface area contributed by atoms with E-state index in [0.717, 1.165) is 38.2 Å². The number of methoxy groups -OCH3 is 1. The number of aryl methyl sites for hydroxylation is 1. The second-order valence-corrected chi connectivity index (χ2v) is 5.41. The molecule has 0 spiro atoms. The number of hydrogen-bond acceptors (Lipinski definition) is 4. The van der Waals surface area contributed by atoms with E-state index in [1.807, 2.05) is 17.3 Å². The predicted molar refractivity (Wildman–Crippen MR) is 81.2 cm³/mol. The van der Waals surface area contributed by atoms with Gasteiger partial charge in [-0.1, -0.05) is 6.92 Å². The predicted octanol–water partition coefficient (Wildman–Crippen LogP) is 0.845. The van der Waals surface area contributed by atoms with Crippen LogP contribution in [0.5, 0.6) is 0 Å². The number of aromatic nitrogens is 2. The van der Waals surface area contributed by atoms with Crippen molar-refractivity contribution in [2.45, 2.75) is 32.2 Å². The zero-order valence-corrected chi connectivity index (χ0v) is 13.0. The van der Waals surface area contributed by atoms with Gasteiger partial charge in [-0.3, -0.25) is 4.79 Å². The molecule has 1 fully saturated rings. The molecule has 21 heavy (non-hydrogen) atoms. The van der Waals surface area contributed by atoms with Gasteiger partial charge in [0, 0.05) is 45.6 Å². The maximum absolute atomic E-state index is 12.2. The summed E-state index contributed by atoms with van der Waals surface area (Å²) in [6.07, 6.45) is 6.98. The van der Waals surface area contributed by atoms with E-state index in [0.29, 0.717) is 25.7 Å². The largest absolute Gasteiger partial charge is 0.383 e. The molecule has 1 aromatic rings. The fourth-order valence-electron chi connectivity index (χ4n) is 2.84. The van der Waals surface area contributed by atoms with Gasteiger partial charge in [0.1, 0.15) is 5.82 Å². The number of rotatable bonds is 7. The standard InChI is InChI=1S/C15H26N4O2/c1-3-14-17-6-9-19(14)13-5-4-8-18(12-13)15(20)11-16-7-10-21-2/h6,9,13,16H,3-5,7-8,10-12H2,1-2H3. The van der Waals surface area contributed by atoms with E-state index < -0.39 is 0 Å². The van der Waals surface area contributed by atoms with Crippen LogP contribution in [-0.4, -0.2) is 60.3 Å². The zero-order valence-electron chi connectivity index (χ0n) is 13.0. The first-order valence-electron chi connectivity index (χ1n) is 7.75. The molecule has 0 aliphatic carbocycles. The van der Waals surface area contributed by atoms with Crippen molar-refractivity contribution in [1.29, 1.82) is 0 Å². The highest BCUT2D eigenvalue weighted by molar-refractivity contribution is 5.78. The van der Waals surface area contributed by atoms with Crippen LogP contribution in [0, 0.1) is 0 Å². The molecule has 6 nitrogen and oxygen atoms in total. The first-order valence-corrected chi connectivity index (χ1v) is 7.75. The Morgan fingerprint density at radius 3 is 3.19 bits per heavy atom. The van der Waals surface area contributed by atoms with Crippen molar-refractivity contribution in [1.82, 2.24) is 19.8 Å². The lowest BCUT2D eigenvalue weighted by molar-refractivity contribution is -0.131. The van der Waals surface area contributed by atoms with Crippen molar-refractivity contribution in [3.05, 3.63) is 18.2 Å². The average Bonchev–Trinajstić information content (AvgIpc) is 3.00. The van der Waals surface area contributed by atoms with Crippen LogP contribution in [0.1, 0.15) is 31.6 Å². The summed E-state index contributed by atoms with van der Waals surface area (Å²) in [6.45, 7) is 5.49. The molecule has 1 saturated heterocycles. The number of carbonyl (C=O) groups is 1. The molecule has 2 rings (SSSR count). The van der Waals surface area contributed by atoms with Crippen molar-refractivity contribution in [2.75, 3.05) is 39.9 Å². The molecule has 2 heterocycles. The maximum Gasteiger partial charge on any atom is 0.236 e. The number of hydrogen-bond donors (Lipinski definition) is 1. The molecule has 0 radical (unpaired) electrons. The summed E-state index contributed by atoms with van der Waals surface area (Å²) in [6, 6.07) is 0.360. The van der Waals surface area contributed by atoms with Crippen LogP contribution < -0.4 is 5.32 Å². The number of imidazole rings is 1. The average molecular weight is 294 g/mol. The van der Waals surface area contributed by atoms with E-state index in [1.54, 1.807) is 7.11 Å². The smallest absolute Gasteiger partial charge is 0.236 e. The molecule has 0 aromatic carbocycles. The van der Waals surface area contributed by atoms with Crippen LogP contribution in [0.2, 0.25) is 0 Å². The fraction of sp³-hybridized carbons (Fsp3) is 0.733. The van der Waals surface area contributed by atoms with Crippen LogP contribution in [-0.2, 0) is 16.0 Å². The third kappa shape index (κ3) is 4.28. The molecule has 1 aliphatic heterocycles. The van der Waals surface area contributed by atoms with Crippen LogP contribution in [0.4, 0.5) is 0 Å². The van der Waals surface area contributed by atoms with Crippen LogP contribution >= 0.6 is 0 Å². The molecule has 1 amide bonds. The van der Waals surface area contributed by atoms with Gasteiger partial charge in [-0.2, -0.15) is 0 Å². The molecule has 1 aromatic heterocycles. The molecule has 1 atom stereocenters. The van der Waals surface area contributed by atoms with Crippen molar-refractivity contribution in [3.8, 4) is 0 Å². The molecule has 6 heteroatoms. The zero-order chi connectivity index (χ0) is 15.1. The lowest BCUT2D eigenvalue weighted by Crippen LogP contribution is -2.45. The van der Waals surface area contributed by atoms with Crippen LogP contribution in [0.25, 0.3) is 0 Å². The van der Waals surface area contributed by atoms with Gasteiger partial charge in [-0.05, 0) is 12.8 Å². The van der Waals surface area contributed by atoms with Crippen molar-refractivity contribution < 1.29 is 9.53 Å². The second kappa shape index (κ2) is 8.14. The molecule has 0 saturated carbocycles. The van der Waals surface area contributed by atoms with Crippen LogP contribution in [0.15, 0.2) is 12.4 Å². The number of likely N-dealkylation sites (tertiary alicyclic amines) is 1. The summed E-state index contributed by atoms with van der Waals surface area (Å²) in [5, 5.41) is 3.12. The fourth-order valence-corrected chi connectivity index (χ4v) is 2.84. The Kier molecular flexibility index (Phi) is 6.20. The van der Waals surface area contributed by atoms with E-state index in [-0.39, 0.29) is 5.91 Å². The molecule has 0 bridgehead atoms. The van der Waals surface area contributed by atoms with E-state index in [9.17, 15) is 4.79 Å². The van der Waals surface area contributed by atoms with Gasteiger partial charge < -0.3 is 19.5 Å². The third-order valence-corrected chi connectivity index (χ3v) is 3.97. The van der Waals surface area contributed by atoms with E-state index in [2.05, 4.69) is 21.8 Å². The second-order valence-electron chi connectivity index (χ2n) is 5.41. The Morgan fingerprint density at radius 1 is 1.57 bits per heavy atom. The van der Waals surface area contributed by atoms with E-state index >= 15 is 0 Å². The topological polar surface area (TPSA) is 59.4 Å². The number of nitrogens with one attached hydrogen (secondary N) is 1. The van der Waals surface area contributed by atoms with Gasteiger partial charge in [0.15, 0.2) is 0 Å². The quantitative estimate of drug-likeness (QED) is 0.757. The first kappa shape index (κ1) is 16.0. The Hall–Kier alpha value is -1.40. The molecular weight excluding hydrogens is 268 g/mol. The minimum absolute atomic E-state index is 0.175. The summed E-state index contributed by atoms with van der Waals surface area (Å²) in [5.41, 5.74) is 0. The maximum atomic E-state index is 12.2. The summed E-state index contributed by atoms with van der Waals surface area (Å²) >= 11 is 0. The molecule has 1 N–H and O–H groups in total. The van der Waals surface area contributed by atoms with Gasteiger partial charge in [-0.15, -0.1) is 0 Å². The van der Waals surface area contributed by atoms with Gasteiger partial charge in [0.2, 0.25) is 5.91 Å². The number of carbonyl (C=O) groups excluding carboxylic acids is 1. The monoisotopic (exact) mass is 294 g/mol. The lowest BCUT2D eigenvalue weighted by atomic mass is 10.1. The van der Waals surface area contributed by atoms with Crippen molar-refractivity contribution in [3.63, 3.8) is 0 Å². The Balaban J connectivity index is 1.87. The number of ether oxygens (including phenoxy) is 1. The highest BCUT2D eigenvalue weighted by atomic mass is 16.5. The Morgan fingerprint density at radius 2 is 2.43 bits per heavy atom. The first-order chi connectivity index (χ1) is 10.3. The summed E-state index contributed by atoms with van der Waals surface area (Å²) in [7, 11) is 1.66. The van der Waals surface area contributed by atoms with Gasteiger partial charge in [-0.25, -0.2) is 4.98 Å². The highest BCUT2D eigenvalue weighted by Gasteiger charge is 2.25. The Bertz CT molecular complexity index is 447. The van der Waals surface area contributed by atoms with E-state index in [1.165, 1.54) is 0 Å². The Labute approximate surface area is 126 Å². The number of amides is 1. The minimum Gasteiger partial charge on any atom is -0.383 e. The third-order valence-electron chi connectivity index (χ3n) is 3.97. The summed E-state index contributed by atoms with van der Waals surface area (Å²) in [4.78, 5) is 18.6. The van der Waals surface area contributed by atoms with Gasteiger partial charge >= 0.3 is 0 Å². The van der Waals surface area contributed by atoms with Gasteiger partial charge in [0.05, 0.1) is 19.2 Å². The molecule has 1 unspecified atom stereocenters. The van der Waals surface area contributed by atoms with Crippen molar-refractivity contribution in [2.24, 2.45) is 0 Å². The molecule has 1 aliphatic rings. The van der Waals surface area contributed by atoms with Gasteiger partial charge in [0.25, 0.3) is 0 Å². The number of piperidine rings is 1. The summed E-state index contributed by atoms with van der Waals surface area (Å²) < 4.78 is 7.20. The molecule has 118 valence electrons. The van der Waals surface area contributed by atoms with Crippen LogP contribution in [0.3, 0.4) is 0 Å². The minimum atomic E-state index is 0.175. The van der Waals surface area contributed by atoms with Crippen molar-refractivity contribution >= 4 is 5.91 Å². The normalized spacial score (nSPS) is 19.0. The summed E-state index contributed by atoms with van der Waals surface area (Å²) in [5.74, 6) is 1.28. The highest BCUT2D eigenvalue weighted by Crippen LogP contribution is 2.22. The van der Waals surface area contributed by atoms with E-state index in [4.69, 9.17) is 4.74 Å².